The molecule has 1 N–H and O–H groups in total. The van der Waals surface area contributed by atoms with Crippen molar-refractivity contribution >= 4 is 0 Å². The van der Waals surface area contributed by atoms with Gasteiger partial charge in [-0.3, -0.25) is 0 Å². The van der Waals surface area contributed by atoms with E-state index in [-0.39, 0.29) is 0 Å². The first-order valence-electron chi connectivity index (χ1n) is 5.68. The van der Waals surface area contributed by atoms with Gasteiger partial charge in [0.25, 0.3) is 0 Å². The highest BCUT2D eigenvalue weighted by Crippen LogP contribution is 2.25. The van der Waals surface area contributed by atoms with Crippen LogP contribution in [-0.4, -0.2) is 50.8 Å². The molecule has 3 nitrogen and oxygen atoms in total. The van der Waals surface area contributed by atoms with Crippen LogP contribution in [0.25, 0.3) is 0 Å². The molecule has 0 aromatic carbocycles. The van der Waals surface area contributed by atoms with Gasteiger partial charge in [-0.1, -0.05) is 6.92 Å². The van der Waals surface area contributed by atoms with Gasteiger partial charge in [0.15, 0.2) is 0 Å². The van der Waals surface area contributed by atoms with Crippen LogP contribution in [0.2, 0.25) is 0 Å². The van der Waals surface area contributed by atoms with Crippen molar-refractivity contribution in [3.05, 3.63) is 0 Å². The Hall–Kier alpha value is -0.120. The maximum atomic E-state index is 5.21. The third-order valence-electron chi connectivity index (χ3n) is 3.26. The second kappa shape index (κ2) is 4.17. The van der Waals surface area contributed by atoms with E-state index in [1.54, 1.807) is 0 Å². The third-order valence-corrected chi connectivity index (χ3v) is 3.26. The zero-order valence-electron chi connectivity index (χ0n) is 9.38. The van der Waals surface area contributed by atoms with E-state index in [1.807, 2.05) is 0 Å². The van der Waals surface area contributed by atoms with E-state index in [1.165, 1.54) is 19.4 Å². The van der Waals surface area contributed by atoms with Gasteiger partial charge in [-0.05, 0) is 19.9 Å². The first-order chi connectivity index (χ1) is 6.70. The van der Waals surface area contributed by atoms with Gasteiger partial charge in [-0.25, -0.2) is 0 Å². The van der Waals surface area contributed by atoms with Gasteiger partial charge in [0.1, 0.15) is 0 Å². The van der Waals surface area contributed by atoms with E-state index < -0.39 is 0 Å². The minimum absolute atomic E-state index is 0.415. The highest BCUT2D eigenvalue weighted by molar-refractivity contribution is 4.84. The SMILES string of the molecule is CN(CCNCC1(C)COC1)C1CC1. The Balaban J connectivity index is 1.50. The molecule has 0 atom stereocenters. The van der Waals surface area contributed by atoms with Crippen LogP contribution < -0.4 is 5.32 Å². The predicted octanol–water partition coefficient (Wildman–Crippen LogP) is 0.707. The summed E-state index contributed by atoms with van der Waals surface area (Å²) in [4.78, 5) is 2.46. The van der Waals surface area contributed by atoms with Crippen molar-refractivity contribution in [3.8, 4) is 0 Å². The van der Waals surface area contributed by atoms with Gasteiger partial charge >= 0.3 is 0 Å². The van der Waals surface area contributed by atoms with Crippen molar-refractivity contribution in [1.82, 2.24) is 10.2 Å². The molecule has 1 heterocycles. The summed E-state index contributed by atoms with van der Waals surface area (Å²) in [6, 6.07) is 0.888. The molecule has 3 heteroatoms. The van der Waals surface area contributed by atoms with Crippen LogP contribution in [0.15, 0.2) is 0 Å². The topological polar surface area (TPSA) is 24.5 Å². The van der Waals surface area contributed by atoms with E-state index in [9.17, 15) is 0 Å². The number of nitrogens with one attached hydrogen (secondary N) is 1. The second-order valence-corrected chi connectivity index (χ2v) is 5.19. The molecule has 0 bridgehead atoms. The van der Waals surface area contributed by atoms with Gasteiger partial charge in [0, 0.05) is 31.1 Å². The summed E-state index contributed by atoms with van der Waals surface area (Å²) in [5, 5.41) is 3.52. The van der Waals surface area contributed by atoms with Crippen molar-refractivity contribution in [2.75, 3.05) is 39.9 Å². The number of hydrogen-bond donors (Lipinski definition) is 1. The molecule has 2 rings (SSSR count). The predicted molar refractivity (Wildman–Crippen MR) is 57.4 cm³/mol. The number of likely N-dealkylation sites (N-methyl/N-ethyl adjacent to an activating group) is 1. The Morgan fingerprint density at radius 3 is 2.64 bits per heavy atom. The van der Waals surface area contributed by atoms with Crippen LogP contribution in [0.1, 0.15) is 19.8 Å². The number of hydrogen-bond acceptors (Lipinski definition) is 3. The number of nitrogens with zero attached hydrogens (tertiary/aromatic N) is 1. The molecule has 2 fully saturated rings. The van der Waals surface area contributed by atoms with Crippen LogP contribution in [0, 0.1) is 5.41 Å². The van der Waals surface area contributed by atoms with E-state index >= 15 is 0 Å². The average molecular weight is 198 g/mol. The van der Waals surface area contributed by atoms with E-state index in [4.69, 9.17) is 4.74 Å². The minimum atomic E-state index is 0.415. The fraction of sp³-hybridized carbons (Fsp3) is 1.00. The van der Waals surface area contributed by atoms with Crippen molar-refractivity contribution in [1.29, 1.82) is 0 Å². The smallest absolute Gasteiger partial charge is 0.0554 e. The second-order valence-electron chi connectivity index (χ2n) is 5.19. The van der Waals surface area contributed by atoms with Crippen LogP contribution in [0.4, 0.5) is 0 Å². The lowest BCUT2D eigenvalue weighted by atomic mass is 9.89. The first-order valence-corrected chi connectivity index (χ1v) is 5.68. The number of ether oxygens (including phenoxy) is 1. The van der Waals surface area contributed by atoms with Gasteiger partial charge in [-0.15, -0.1) is 0 Å². The first kappa shape index (κ1) is 10.4. The van der Waals surface area contributed by atoms with E-state index in [0.29, 0.717) is 5.41 Å². The molecular formula is C11H22N2O. The maximum Gasteiger partial charge on any atom is 0.0554 e. The van der Waals surface area contributed by atoms with Crippen LogP contribution in [-0.2, 0) is 4.74 Å². The lowest BCUT2D eigenvalue weighted by molar-refractivity contribution is -0.0990. The molecular weight excluding hydrogens is 176 g/mol. The van der Waals surface area contributed by atoms with Crippen LogP contribution >= 0.6 is 0 Å². The molecule has 82 valence electrons. The average Bonchev–Trinajstić information content (AvgIpc) is 2.92. The van der Waals surface area contributed by atoms with Gasteiger partial charge in [-0.2, -0.15) is 0 Å². The summed E-state index contributed by atoms with van der Waals surface area (Å²) in [6.07, 6.45) is 2.81. The van der Waals surface area contributed by atoms with Crippen molar-refractivity contribution in [3.63, 3.8) is 0 Å². The van der Waals surface area contributed by atoms with E-state index in [2.05, 4.69) is 24.2 Å². The molecule has 0 amide bonds. The monoisotopic (exact) mass is 198 g/mol. The van der Waals surface area contributed by atoms with Crippen molar-refractivity contribution in [2.24, 2.45) is 5.41 Å². The normalized spacial score (nSPS) is 25.1. The minimum Gasteiger partial charge on any atom is -0.380 e. The lowest BCUT2D eigenvalue weighted by Crippen LogP contribution is -2.48. The summed E-state index contributed by atoms with van der Waals surface area (Å²) < 4.78 is 5.21. The molecule has 0 aromatic rings. The lowest BCUT2D eigenvalue weighted by Gasteiger charge is -2.38. The molecule has 0 aromatic heterocycles. The molecule has 1 saturated heterocycles. The Kier molecular flexibility index (Phi) is 3.10. The highest BCUT2D eigenvalue weighted by Gasteiger charge is 2.32. The van der Waals surface area contributed by atoms with Crippen LogP contribution in [0.3, 0.4) is 0 Å². The van der Waals surface area contributed by atoms with E-state index in [0.717, 1.165) is 32.3 Å². The summed E-state index contributed by atoms with van der Waals surface area (Å²) in [6.45, 7) is 7.54. The molecule has 1 aliphatic carbocycles. The summed E-state index contributed by atoms with van der Waals surface area (Å²) >= 11 is 0. The molecule has 0 radical (unpaired) electrons. The summed E-state index contributed by atoms with van der Waals surface area (Å²) in [7, 11) is 2.23. The maximum absolute atomic E-state index is 5.21. The summed E-state index contributed by atoms with van der Waals surface area (Å²) in [5.74, 6) is 0. The van der Waals surface area contributed by atoms with Crippen molar-refractivity contribution in [2.45, 2.75) is 25.8 Å². The third kappa shape index (κ3) is 2.69. The molecule has 2 aliphatic rings. The Morgan fingerprint density at radius 1 is 1.43 bits per heavy atom. The quantitative estimate of drug-likeness (QED) is 0.636. The fourth-order valence-electron chi connectivity index (χ4n) is 1.90. The van der Waals surface area contributed by atoms with Crippen molar-refractivity contribution < 1.29 is 4.74 Å². The molecule has 0 spiro atoms. The standard InChI is InChI=1S/C11H22N2O/c1-11(8-14-9-11)7-12-5-6-13(2)10-3-4-10/h10,12H,3-9H2,1-2H3. The van der Waals surface area contributed by atoms with Crippen LogP contribution in [0.5, 0.6) is 0 Å². The largest absolute Gasteiger partial charge is 0.380 e. The molecule has 1 aliphatic heterocycles. The number of rotatable bonds is 6. The van der Waals surface area contributed by atoms with Gasteiger partial charge in [0.05, 0.1) is 13.2 Å². The molecule has 14 heavy (non-hydrogen) atoms. The zero-order chi connectivity index (χ0) is 10.0. The fourth-order valence-corrected chi connectivity index (χ4v) is 1.90. The Morgan fingerprint density at radius 2 is 2.14 bits per heavy atom. The molecule has 0 unspecified atom stereocenters. The Bertz CT molecular complexity index is 188. The Labute approximate surface area is 86.8 Å². The highest BCUT2D eigenvalue weighted by atomic mass is 16.5. The zero-order valence-corrected chi connectivity index (χ0v) is 9.38. The summed E-state index contributed by atoms with van der Waals surface area (Å²) in [5.41, 5.74) is 0.415. The molecule has 1 saturated carbocycles. The van der Waals surface area contributed by atoms with Gasteiger partial charge < -0.3 is 15.0 Å². The van der Waals surface area contributed by atoms with Gasteiger partial charge in [0.2, 0.25) is 0 Å².